The summed E-state index contributed by atoms with van der Waals surface area (Å²) in [6, 6.07) is 3.29. The zero-order valence-corrected chi connectivity index (χ0v) is 15.9. The quantitative estimate of drug-likeness (QED) is 0.400. The van der Waals surface area contributed by atoms with Crippen molar-refractivity contribution in [3.63, 3.8) is 0 Å². The van der Waals surface area contributed by atoms with Crippen LogP contribution in [-0.2, 0) is 4.79 Å². The average Bonchev–Trinajstić information content (AvgIpc) is 3.35. The molecule has 2 aromatic rings. The van der Waals surface area contributed by atoms with Crippen molar-refractivity contribution in [1.29, 1.82) is 0 Å². The molecule has 0 bridgehead atoms. The van der Waals surface area contributed by atoms with Crippen LogP contribution in [0.1, 0.15) is 43.5 Å². The lowest BCUT2D eigenvalue weighted by molar-refractivity contribution is -0.118. The highest BCUT2D eigenvalue weighted by atomic mass is 32.2. The summed E-state index contributed by atoms with van der Waals surface area (Å²) in [5.41, 5.74) is 0.106. The van der Waals surface area contributed by atoms with Gasteiger partial charge in [-0.3, -0.25) is 14.5 Å². The lowest BCUT2D eigenvalue weighted by Gasteiger charge is -2.17. The van der Waals surface area contributed by atoms with Crippen LogP contribution in [0.2, 0.25) is 0 Å². The summed E-state index contributed by atoms with van der Waals surface area (Å²) in [4.78, 5) is 26.2. The number of rotatable bonds is 7. The zero-order valence-electron chi connectivity index (χ0n) is 14.2. The molecule has 1 fully saturated rings. The summed E-state index contributed by atoms with van der Waals surface area (Å²) in [5, 5.41) is 8.14. The maximum Gasteiger partial charge on any atom is 0.228 e. The van der Waals surface area contributed by atoms with Gasteiger partial charge in [0.1, 0.15) is 0 Å². The van der Waals surface area contributed by atoms with Crippen molar-refractivity contribution in [3.8, 4) is 0 Å². The molecule has 1 unspecified atom stereocenters. The first-order valence-electron chi connectivity index (χ1n) is 8.22. The van der Waals surface area contributed by atoms with Crippen molar-refractivity contribution >= 4 is 39.9 Å². The third-order valence-corrected chi connectivity index (χ3v) is 6.04. The van der Waals surface area contributed by atoms with E-state index < -0.39 is 16.9 Å². The summed E-state index contributed by atoms with van der Waals surface area (Å²) in [6.45, 7) is 3.47. The van der Waals surface area contributed by atoms with E-state index in [0.29, 0.717) is 15.9 Å². The van der Waals surface area contributed by atoms with Gasteiger partial charge in [-0.25, -0.2) is 8.78 Å². The molecule has 0 spiro atoms. The highest BCUT2D eigenvalue weighted by Gasteiger charge is 2.35. The number of thioether (sulfide) groups is 1. The first-order valence-corrected chi connectivity index (χ1v) is 9.91. The zero-order chi connectivity index (χ0) is 18.8. The fraction of sp³-hybridized carbons (Fsp3) is 0.412. The number of hydrogen-bond acceptors (Lipinski definition) is 6. The van der Waals surface area contributed by atoms with Crippen LogP contribution in [0.3, 0.4) is 0 Å². The number of amides is 1. The van der Waals surface area contributed by atoms with Crippen LogP contribution in [0.5, 0.6) is 0 Å². The number of carbonyl (C=O) groups excluding carboxylic acids is 2. The Hall–Kier alpha value is -1.87. The molecule has 1 atom stereocenters. The van der Waals surface area contributed by atoms with E-state index in [4.69, 9.17) is 0 Å². The van der Waals surface area contributed by atoms with Crippen molar-refractivity contribution in [3.05, 3.63) is 35.4 Å². The third kappa shape index (κ3) is 4.09. The Morgan fingerprint density at radius 2 is 2.04 bits per heavy atom. The minimum atomic E-state index is -1.05. The number of ketones is 1. The van der Waals surface area contributed by atoms with Gasteiger partial charge < -0.3 is 0 Å². The summed E-state index contributed by atoms with van der Waals surface area (Å²) in [6.07, 6.45) is 2.31. The van der Waals surface area contributed by atoms with Crippen LogP contribution in [0.15, 0.2) is 22.5 Å². The lowest BCUT2D eigenvalue weighted by atomic mass is 10.1. The number of benzene rings is 1. The van der Waals surface area contributed by atoms with Gasteiger partial charge in [0.25, 0.3) is 0 Å². The van der Waals surface area contributed by atoms with Gasteiger partial charge in [0.15, 0.2) is 21.8 Å². The molecule has 1 saturated carbocycles. The number of halogens is 2. The van der Waals surface area contributed by atoms with Gasteiger partial charge in [0.2, 0.25) is 11.0 Å². The second-order valence-electron chi connectivity index (χ2n) is 5.95. The molecule has 1 aromatic carbocycles. The summed E-state index contributed by atoms with van der Waals surface area (Å²) < 4.78 is 26.9. The van der Waals surface area contributed by atoms with Gasteiger partial charge in [-0.05, 0) is 38.0 Å². The molecule has 0 radical (unpaired) electrons. The predicted molar refractivity (Wildman–Crippen MR) is 96.7 cm³/mol. The first kappa shape index (κ1) is 18.9. The third-order valence-electron chi connectivity index (χ3n) is 3.94. The highest BCUT2D eigenvalue weighted by molar-refractivity contribution is 8.02. The van der Waals surface area contributed by atoms with E-state index in [1.54, 1.807) is 18.7 Å². The van der Waals surface area contributed by atoms with E-state index in [1.165, 1.54) is 29.2 Å². The molecule has 3 rings (SSSR count). The monoisotopic (exact) mass is 397 g/mol. The Labute approximate surface area is 157 Å². The van der Waals surface area contributed by atoms with Gasteiger partial charge in [-0.1, -0.05) is 30.0 Å². The van der Waals surface area contributed by atoms with Gasteiger partial charge in [0.05, 0.1) is 5.25 Å². The van der Waals surface area contributed by atoms with Crippen molar-refractivity contribution in [2.24, 2.45) is 0 Å². The summed E-state index contributed by atoms with van der Waals surface area (Å²) >= 11 is 2.45. The molecule has 1 heterocycles. The Morgan fingerprint density at radius 1 is 1.31 bits per heavy atom. The maximum atomic E-state index is 13.3. The highest BCUT2D eigenvalue weighted by Crippen LogP contribution is 2.37. The second kappa shape index (κ2) is 7.79. The number of carbonyl (C=O) groups is 2. The standard InChI is InChI=1S/C17H17F2N3O2S2/c1-3-14(23)22(11-5-6-11)16-20-21-17(26-16)25-9(2)15(24)10-4-7-12(18)13(19)8-10/h4,7-9,11H,3,5-6H2,1-2H3. The predicted octanol–water partition coefficient (Wildman–Crippen LogP) is 4.09. The average molecular weight is 397 g/mol. The van der Waals surface area contributed by atoms with Crippen molar-refractivity contribution in [2.75, 3.05) is 4.90 Å². The molecule has 1 amide bonds. The first-order chi connectivity index (χ1) is 12.4. The number of Topliss-reactive ketones (excluding diaryl/α,β-unsaturated/α-hetero) is 1. The molecule has 1 aromatic heterocycles. The smallest absolute Gasteiger partial charge is 0.228 e. The van der Waals surface area contributed by atoms with Crippen molar-refractivity contribution in [1.82, 2.24) is 10.2 Å². The fourth-order valence-corrected chi connectivity index (χ4v) is 4.56. The number of anilines is 1. The van der Waals surface area contributed by atoms with E-state index in [0.717, 1.165) is 25.0 Å². The maximum absolute atomic E-state index is 13.3. The molecule has 1 aliphatic carbocycles. The Morgan fingerprint density at radius 3 is 2.65 bits per heavy atom. The van der Waals surface area contributed by atoms with Crippen molar-refractivity contribution in [2.45, 2.75) is 48.7 Å². The van der Waals surface area contributed by atoms with Crippen LogP contribution < -0.4 is 4.90 Å². The molecule has 1 aliphatic rings. The van der Waals surface area contributed by atoms with Crippen LogP contribution in [0.25, 0.3) is 0 Å². The molecular weight excluding hydrogens is 380 g/mol. The topological polar surface area (TPSA) is 63.2 Å². The Kier molecular flexibility index (Phi) is 5.67. The van der Waals surface area contributed by atoms with E-state index in [2.05, 4.69) is 10.2 Å². The van der Waals surface area contributed by atoms with Gasteiger partial charge >= 0.3 is 0 Å². The van der Waals surface area contributed by atoms with Crippen LogP contribution in [0, 0.1) is 11.6 Å². The van der Waals surface area contributed by atoms with Crippen LogP contribution in [0.4, 0.5) is 13.9 Å². The Bertz CT molecular complexity index is 839. The largest absolute Gasteiger partial charge is 0.293 e. The van der Waals surface area contributed by atoms with E-state index in [9.17, 15) is 18.4 Å². The molecule has 5 nitrogen and oxygen atoms in total. The Balaban J connectivity index is 1.70. The fourth-order valence-electron chi connectivity index (χ4n) is 2.41. The normalized spacial score (nSPS) is 14.9. The minimum Gasteiger partial charge on any atom is -0.293 e. The number of nitrogens with zero attached hydrogens (tertiary/aromatic N) is 3. The van der Waals surface area contributed by atoms with E-state index in [-0.39, 0.29) is 23.3 Å². The van der Waals surface area contributed by atoms with Crippen LogP contribution >= 0.6 is 23.1 Å². The number of aromatic nitrogens is 2. The van der Waals surface area contributed by atoms with E-state index in [1.807, 2.05) is 0 Å². The molecule has 138 valence electrons. The van der Waals surface area contributed by atoms with Gasteiger partial charge in [0, 0.05) is 18.0 Å². The summed E-state index contributed by atoms with van der Waals surface area (Å²) in [7, 11) is 0. The molecule has 9 heteroatoms. The molecule has 0 N–H and O–H groups in total. The second-order valence-corrected chi connectivity index (χ2v) is 8.50. The lowest BCUT2D eigenvalue weighted by Crippen LogP contribution is -2.32. The molecule has 0 saturated heterocycles. The van der Waals surface area contributed by atoms with Crippen LogP contribution in [-0.4, -0.2) is 33.2 Å². The SMILES string of the molecule is CCC(=O)N(c1nnc(SC(C)C(=O)c2ccc(F)c(F)c2)s1)C1CC1. The van der Waals surface area contributed by atoms with Gasteiger partial charge in [-0.2, -0.15) is 0 Å². The minimum absolute atomic E-state index is 0.00566. The van der Waals surface area contributed by atoms with Gasteiger partial charge in [-0.15, -0.1) is 10.2 Å². The molecular formula is C17H17F2N3O2S2. The molecule has 26 heavy (non-hydrogen) atoms. The van der Waals surface area contributed by atoms with E-state index >= 15 is 0 Å². The molecule has 0 aliphatic heterocycles. The number of hydrogen-bond donors (Lipinski definition) is 0. The van der Waals surface area contributed by atoms with Crippen molar-refractivity contribution < 1.29 is 18.4 Å². The summed E-state index contributed by atoms with van der Waals surface area (Å²) in [5.74, 6) is -2.36.